The van der Waals surface area contributed by atoms with E-state index in [0.29, 0.717) is 13.0 Å². The maximum absolute atomic E-state index is 11.1. The maximum Gasteiger partial charge on any atom is 0.305 e. The van der Waals surface area contributed by atoms with E-state index in [1.807, 2.05) is 6.92 Å². The molecule has 0 atom stereocenters. The predicted octanol–water partition coefficient (Wildman–Crippen LogP) is 2.84. The van der Waals surface area contributed by atoms with E-state index in [4.69, 9.17) is 4.74 Å². The quantitative estimate of drug-likeness (QED) is 0.426. The first kappa shape index (κ1) is 15.4. The monoisotopic (exact) mass is 229 g/mol. The molecule has 0 saturated carbocycles. The van der Waals surface area contributed by atoms with Crippen molar-refractivity contribution in [3.8, 4) is 0 Å². The topological polar surface area (TPSA) is 29.5 Å². The molecule has 3 heteroatoms. The van der Waals surface area contributed by atoms with Gasteiger partial charge in [-0.3, -0.25) is 4.79 Å². The Morgan fingerprint density at radius 3 is 2.31 bits per heavy atom. The zero-order valence-corrected chi connectivity index (χ0v) is 11.1. The van der Waals surface area contributed by atoms with Crippen LogP contribution in [0.25, 0.3) is 0 Å². The van der Waals surface area contributed by atoms with Crippen LogP contribution in [0.4, 0.5) is 0 Å². The molecule has 0 heterocycles. The fourth-order valence-corrected chi connectivity index (χ4v) is 1.65. The van der Waals surface area contributed by atoms with Crippen LogP contribution in [0.15, 0.2) is 0 Å². The molecule has 16 heavy (non-hydrogen) atoms. The Hall–Kier alpha value is -0.570. The lowest BCUT2D eigenvalue weighted by Crippen LogP contribution is -2.25. The second kappa shape index (κ2) is 10.9. The summed E-state index contributed by atoms with van der Waals surface area (Å²) in [6.45, 7) is 10.2. The van der Waals surface area contributed by atoms with E-state index in [9.17, 15) is 4.79 Å². The van der Waals surface area contributed by atoms with Crippen LogP contribution in [0.2, 0.25) is 0 Å². The number of hydrogen-bond donors (Lipinski definition) is 0. The molecule has 0 unspecified atom stereocenters. The van der Waals surface area contributed by atoms with Crippen molar-refractivity contribution in [3.05, 3.63) is 0 Å². The van der Waals surface area contributed by atoms with Crippen LogP contribution < -0.4 is 0 Å². The van der Waals surface area contributed by atoms with Crippen LogP contribution in [-0.4, -0.2) is 37.1 Å². The summed E-state index contributed by atoms with van der Waals surface area (Å²) >= 11 is 0. The van der Waals surface area contributed by atoms with Gasteiger partial charge in [0.1, 0.15) is 0 Å². The predicted molar refractivity (Wildman–Crippen MR) is 67.5 cm³/mol. The van der Waals surface area contributed by atoms with E-state index in [-0.39, 0.29) is 5.97 Å². The molecule has 0 aliphatic carbocycles. The molecular weight excluding hydrogens is 202 g/mol. The van der Waals surface area contributed by atoms with Crippen molar-refractivity contribution in [2.45, 2.75) is 52.9 Å². The van der Waals surface area contributed by atoms with Crippen LogP contribution >= 0.6 is 0 Å². The van der Waals surface area contributed by atoms with Crippen LogP contribution in [-0.2, 0) is 9.53 Å². The van der Waals surface area contributed by atoms with E-state index in [0.717, 1.165) is 25.9 Å². The molecule has 0 N–H and O–H groups in total. The third kappa shape index (κ3) is 8.72. The molecular formula is C13H27NO2. The molecule has 0 rings (SSSR count). The molecule has 0 aliphatic heterocycles. The summed E-state index contributed by atoms with van der Waals surface area (Å²) in [5.41, 5.74) is 0. The standard InChI is InChI=1S/C13H27NO2/c1-4-7-11-14(5-2)12-9-8-10-13(15)16-6-3/h4-12H2,1-3H3. The van der Waals surface area contributed by atoms with E-state index >= 15 is 0 Å². The maximum atomic E-state index is 11.1. The number of rotatable bonds is 10. The molecule has 96 valence electrons. The van der Waals surface area contributed by atoms with Crippen molar-refractivity contribution in [1.29, 1.82) is 0 Å². The SMILES string of the molecule is CCCCN(CC)CCCCC(=O)OCC. The Morgan fingerprint density at radius 2 is 1.75 bits per heavy atom. The lowest BCUT2D eigenvalue weighted by atomic mass is 10.2. The second-order valence-corrected chi connectivity index (χ2v) is 4.05. The minimum atomic E-state index is -0.0564. The van der Waals surface area contributed by atoms with Crippen LogP contribution in [0.1, 0.15) is 52.9 Å². The second-order valence-electron chi connectivity index (χ2n) is 4.05. The van der Waals surface area contributed by atoms with Gasteiger partial charge in [-0.1, -0.05) is 20.3 Å². The van der Waals surface area contributed by atoms with Crippen molar-refractivity contribution < 1.29 is 9.53 Å². The minimum Gasteiger partial charge on any atom is -0.466 e. The first-order valence-corrected chi connectivity index (χ1v) is 6.62. The first-order valence-electron chi connectivity index (χ1n) is 6.62. The van der Waals surface area contributed by atoms with Crippen LogP contribution in [0, 0.1) is 0 Å². The number of carbonyl (C=O) groups is 1. The fraction of sp³-hybridized carbons (Fsp3) is 0.923. The summed E-state index contributed by atoms with van der Waals surface area (Å²) in [7, 11) is 0. The Labute approximate surface area is 100 Å². The highest BCUT2D eigenvalue weighted by atomic mass is 16.5. The van der Waals surface area contributed by atoms with Crippen molar-refractivity contribution in [2.24, 2.45) is 0 Å². The Bertz CT molecular complexity index is 171. The molecule has 0 aromatic carbocycles. The highest BCUT2D eigenvalue weighted by Crippen LogP contribution is 2.02. The third-order valence-corrected chi connectivity index (χ3v) is 2.69. The number of unbranched alkanes of at least 4 members (excludes halogenated alkanes) is 2. The largest absolute Gasteiger partial charge is 0.466 e. The van der Waals surface area contributed by atoms with Gasteiger partial charge in [0.05, 0.1) is 6.61 Å². The van der Waals surface area contributed by atoms with Crippen LogP contribution in [0.3, 0.4) is 0 Å². The van der Waals surface area contributed by atoms with Gasteiger partial charge in [0.15, 0.2) is 0 Å². The molecule has 3 nitrogen and oxygen atoms in total. The van der Waals surface area contributed by atoms with E-state index in [1.54, 1.807) is 0 Å². The number of ether oxygens (including phenoxy) is 1. The summed E-state index contributed by atoms with van der Waals surface area (Å²) in [6, 6.07) is 0. The summed E-state index contributed by atoms with van der Waals surface area (Å²) in [5, 5.41) is 0. The summed E-state index contributed by atoms with van der Waals surface area (Å²) in [4.78, 5) is 13.5. The smallest absolute Gasteiger partial charge is 0.305 e. The van der Waals surface area contributed by atoms with Gasteiger partial charge in [-0.2, -0.15) is 0 Å². The number of nitrogens with zero attached hydrogens (tertiary/aromatic N) is 1. The minimum absolute atomic E-state index is 0.0564. The average molecular weight is 229 g/mol. The van der Waals surface area contributed by atoms with E-state index in [1.165, 1.54) is 19.4 Å². The zero-order chi connectivity index (χ0) is 12.2. The van der Waals surface area contributed by atoms with Gasteiger partial charge < -0.3 is 9.64 Å². The summed E-state index contributed by atoms with van der Waals surface area (Å²) in [6.07, 6.45) is 5.13. The highest BCUT2D eigenvalue weighted by molar-refractivity contribution is 5.69. The molecule has 0 saturated heterocycles. The zero-order valence-electron chi connectivity index (χ0n) is 11.1. The van der Waals surface area contributed by atoms with E-state index < -0.39 is 0 Å². The van der Waals surface area contributed by atoms with Crippen molar-refractivity contribution in [1.82, 2.24) is 4.90 Å². The van der Waals surface area contributed by atoms with Gasteiger partial charge in [0.2, 0.25) is 0 Å². The molecule has 0 fully saturated rings. The summed E-state index contributed by atoms with van der Waals surface area (Å²) in [5.74, 6) is -0.0564. The lowest BCUT2D eigenvalue weighted by molar-refractivity contribution is -0.143. The first-order chi connectivity index (χ1) is 7.74. The lowest BCUT2D eigenvalue weighted by Gasteiger charge is -2.19. The van der Waals surface area contributed by atoms with Crippen LogP contribution in [0.5, 0.6) is 0 Å². The normalized spacial score (nSPS) is 10.8. The molecule has 0 bridgehead atoms. The van der Waals surface area contributed by atoms with Gasteiger partial charge >= 0.3 is 5.97 Å². The Morgan fingerprint density at radius 1 is 1.06 bits per heavy atom. The fourth-order valence-electron chi connectivity index (χ4n) is 1.65. The molecule has 0 radical (unpaired) electrons. The third-order valence-electron chi connectivity index (χ3n) is 2.69. The average Bonchev–Trinajstić information content (AvgIpc) is 2.28. The molecule has 0 amide bonds. The molecule has 0 aromatic heterocycles. The van der Waals surface area contributed by atoms with Gasteiger partial charge in [-0.05, 0) is 45.8 Å². The van der Waals surface area contributed by atoms with Gasteiger partial charge in [0.25, 0.3) is 0 Å². The Balaban J connectivity index is 3.43. The Kier molecular flexibility index (Phi) is 10.5. The number of carbonyl (C=O) groups excluding carboxylic acids is 1. The van der Waals surface area contributed by atoms with Gasteiger partial charge in [-0.15, -0.1) is 0 Å². The van der Waals surface area contributed by atoms with Crippen molar-refractivity contribution in [2.75, 3.05) is 26.2 Å². The van der Waals surface area contributed by atoms with E-state index in [2.05, 4.69) is 18.7 Å². The van der Waals surface area contributed by atoms with Crippen molar-refractivity contribution >= 4 is 5.97 Å². The van der Waals surface area contributed by atoms with Gasteiger partial charge in [-0.25, -0.2) is 0 Å². The van der Waals surface area contributed by atoms with Crippen molar-refractivity contribution in [3.63, 3.8) is 0 Å². The summed E-state index contributed by atoms with van der Waals surface area (Å²) < 4.78 is 4.89. The number of hydrogen-bond acceptors (Lipinski definition) is 3. The highest BCUT2D eigenvalue weighted by Gasteiger charge is 2.04. The molecule has 0 spiro atoms. The number of esters is 1. The molecule has 0 aromatic rings. The molecule has 0 aliphatic rings. The van der Waals surface area contributed by atoms with Gasteiger partial charge in [0, 0.05) is 6.42 Å².